The van der Waals surface area contributed by atoms with E-state index < -0.39 is 16.0 Å². The van der Waals surface area contributed by atoms with Crippen LogP contribution in [0.15, 0.2) is 53.4 Å². The SMILES string of the molecule is O=C(O)c1ccc(NCCc2ccccc2)c(S(=O)(=O)NCCCO)c1. The number of aliphatic hydroxyl groups excluding tert-OH is 1. The van der Waals surface area contributed by atoms with E-state index in [0.29, 0.717) is 18.7 Å². The Bertz CT molecular complexity index is 838. The number of aliphatic hydroxyl groups is 1. The Morgan fingerprint density at radius 3 is 2.42 bits per heavy atom. The van der Waals surface area contributed by atoms with Gasteiger partial charge >= 0.3 is 5.97 Å². The zero-order chi connectivity index (χ0) is 19.0. The van der Waals surface area contributed by atoms with Gasteiger partial charge in [0, 0.05) is 19.7 Å². The van der Waals surface area contributed by atoms with Gasteiger partial charge in [0.2, 0.25) is 10.0 Å². The van der Waals surface area contributed by atoms with E-state index in [2.05, 4.69) is 10.0 Å². The van der Waals surface area contributed by atoms with Crippen molar-refractivity contribution >= 4 is 21.7 Å². The van der Waals surface area contributed by atoms with Crippen LogP contribution in [0.4, 0.5) is 5.69 Å². The summed E-state index contributed by atoms with van der Waals surface area (Å²) in [6.45, 7) is 0.426. The van der Waals surface area contributed by atoms with Gasteiger partial charge in [-0.15, -0.1) is 0 Å². The second-order valence-corrected chi connectivity index (χ2v) is 7.39. The number of carbonyl (C=O) groups is 1. The van der Waals surface area contributed by atoms with E-state index in [4.69, 9.17) is 10.2 Å². The molecule has 0 unspecified atom stereocenters. The van der Waals surface area contributed by atoms with Crippen molar-refractivity contribution in [1.29, 1.82) is 0 Å². The van der Waals surface area contributed by atoms with Crippen molar-refractivity contribution in [1.82, 2.24) is 4.72 Å². The zero-order valence-electron chi connectivity index (χ0n) is 14.2. The van der Waals surface area contributed by atoms with E-state index in [9.17, 15) is 13.2 Å². The number of hydrogen-bond donors (Lipinski definition) is 4. The number of rotatable bonds is 10. The van der Waals surface area contributed by atoms with Crippen LogP contribution in [0.3, 0.4) is 0 Å². The number of anilines is 1. The van der Waals surface area contributed by atoms with E-state index in [1.165, 1.54) is 12.1 Å². The number of hydrogen-bond acceptors (Lipinski definition) is 5. The Morgan fingerprint density at radius 1 is 1.04 bits per heavy atom. The van der Waals surface area contributed by atoms with E-state index >= 15 is 0 Å². The van der Waals surface area contributed by atoms with Gasteiger partial charge in [0.1, 0.15) is 4.90 Å². The molecule has 0 radical (unpaired) electrons. The lowest BCUT2D eigenvalue weighted by Gasteiger charge is -2.14. The molecule has 7 nitrogen and oxygen atoms in total. The van der Waals surface area contributed by atoms with Gasteiger partial charge < -0.3 is 15.5 Å². The van der Waals surface area contributed by atoms with Crippen molar-refractivity contribution < 1.29 is 23.4 Å². The quantitative estimate of drug-likeness (QED) is 0.468. The highest BCUT2D eigenvalue weighted by molar-refractivity contribution is 7.89. The van der Waals surface area contributed by atoms with E-state index in [-0.39, 0.29) is 30.0 Å². The van der Waals surface area contributed by atoms with Crippen LogP contribution in [0.5, 0.6) is 0 Å². The fourth-order valence-electron chi connectivity index (χ4n) is 2.37. The summed E-state index contributed by atoms with van der Waals surface area (Å²) in [7, 11) is -3.90. The first-order chi connectivity index (χ1) is 12.4. The van der Waals surface area contributed by atoms with Crippen molar-refractivity contribution in [3.8, 4) is 0 Å². The average molecular weight is 378 g/mol. The van der Waals surface area contributed by atoms with Crippen molar-refractivity contribution in [3.63, 3.8) is 0 Å². The molecule has 0 bridgehead atoms. The zero-order valence-corrected chi connectivity index (χ0v) is 15.0. The maximum Gasteiger partial charge on any atom is 0.335 e. The molecule has 0 aliphatic heterocycles. The Balaban J connectivity index is 2.20. The molecule has 26 heavy (non-hydrogen) atoms. The summed E-state index contributed by atoms with van der Waals surface area (Å²) in [6.07, 6.45) is 0.966. The summed E-state index contributed by atoms with van der Waals surface area (Å²) in [6, 6.07) is 13.7. The first kappa shape index (κ1) is 19.9. The molecular formula is C18H22N2O5S. The first-order valence-electron chi connectivity index (χ1n) is 8.19. The molecule has 2 aromatic carbocycles. The summed E-state index contributed by atoms with van der Waals surface area (Å²) in [4.78, 5) is 11.1. The van der Waals surface area contributed by atoms with Crippen molar-refractivity contribution in [2.45, 2.75) is 17.7 Å². The number of sulfonamides is 1. The fraction of sp³-hybridized carbons (Fsp3) is 0.278. The molecule has 0 amide bonds. The van der Waals surface area contributed by atoms with Crippen LogP contribution in [-0.2, 0) is 16.4 Å². The highest BCUT2D eigenvalue weighted by Gasteiger charge is 2.20. The standard InChI is InChI=1S/C18H22N2O5S/c21-12-4-10-20-26(24,25)17-13-15(18(22)23)7-8-16(17)19-11-9-14-5-2-1-3-6-14/h1-3,5-8,13,19-21H,4,9-12H2,(H,22,23). The smallest absolute Gasteiger partial charge is 0.335 e. The van der Waals surface area contributed by atoms with E-state index in [1.807, 2.05) is 30.3 Å². The Hall–Kier alpha value is -2.42. The third-order valence-corrected chi connectivity index (χ3v) is 5.22. The summed E-state index contributed by atoms with van der Waals surface area (Å²) < 4.78 is 27.4. The molecule has 0 saturated heterocycles. The van der Waals surface area contributed by atoms with Crippen LogP contribution in [0, 0.1) is 0 Å². The number of aromatic carboxylic acids is 1. The summed E-state index contributed by atoms with van der Waals surface area (Å²) in [5.41, 5.74) is 1.33. The largest absolute Gasteiger partial charge is 0.478 e. The fourth-order valence-corrected chi connectivity index (χ4v) is 3.65. The van der Waals surface area contributed by atoms with Gasteiger partial charge in [-0.05, 0) is 36.6 Å². The van der Waals surface area contributed by atoms with Crippen LogP contribution in [0.25, 0.3) is 0 Å². The number of carboxylic acids is 1. The van der Waals surface area contributed by atoms with Gasteiger partial charge in [-0.1, -0.05) is 30.3 Å². The van der Waals surface area contributed by atoms with Crippen LogP contribution in [-0.4, -0.2) is 44.3 Å². The van der Waals surface area contributed by atoms with Gasteiger partial charge in [0.05, 0.1) is 11.3 Å². The maximum absolute atomic E-state index is 12.5. The summed E-state index contributed by atoms with van der Waals surface area (Å²) in [5.74, 6) is -1.20. The minimum absolute atomic E-state index is 0.0690. The summed E-state index contributed by atoms with van der Waals surface area (Å²) in [5, 5.41) is 21.0. The monoisotopic (exact) mass is 378 g/mol. The minimum Gasteiger partial charge on any atom is -0.478 e. The Kier molecular flexibility index (Phi) is 7.14. The van der Waals surface area contributed by atoms with Gasteiger partial charge in [-0.2, -0.15) is 0 Å². The lowest BCUT2D eigenvalue weighted by molar-refractivity contribution is 0.0696. The molecule has 0 saturated carbocycles. The Labute approximate surface area is 152 Å². The Morgan fingerprint density at radius 2 is 1.77 bits per heavy atom. The molecule has 0 atom stereocenters. The lowest BCUT2D eigenvalue weighted by Crippen LogP contribution is -2.26. The van der Waals surface area contributed by atoms with Gasteiger partial charge in [-0.25, -0.2) is 17.9 Å². The molecular weight excluding hydrogens is 356 g/mol. The number of carboxylic acid groups (broad SMARTS) is 1. The number of nitrogens with one attached hydrogen (secondary N) is 2. The molecule has 2 rings (SSSR count). The van der Waals surface area contributed by atoms with Crippen LogP contribution >= 0.6 is 0 Å². The van der Waals surface area contributed by atoms with Gasteiger partial charge in [0.15, 0.2) is 0 Å². The van der Waals surface area contributed by atoms with Crippen LogP contribution in [0.1, 0.15) is 22.3 Å². The van der Waals surface area contributed by atoms with Crippen molar-refractivity contribution in [2.75, 3.05) is 25.0 Å². The summed E-state index contributed by atoms with van der Waals surface area (Å²) >= 11 is 0. The second kappa shape index (κ2) is 9.33. The average Bonchev–Trinajstić information content (AvgIpc) is 2.62. The minimum atomic E-state index is -3.90. The third kappa shape index (κ3) is 5.55. The predicted molar refractivity (Wildman–Crippen MR) is 98.9 cm³/mol. The molecule has 0 aliphatic rings. The first-order valence-corrected chi connectivity index (χ1v) is 9.68. The molecule has 0 heterocycles. The van der Waals surface area contributed by atoms with Gasteiger partial charge in [0.25, 0.3) is 0 Å². The van der Waals surface area contributed by atoms with E-state index in [0.717, 1.165) is 11.6 Å². The third-order valence-electron chi connectivity index (χ3n) is 3.72. The molecule has 4 N–H and O–H groups in total. The lowest BCUT2D eigenvalue weighted by atomic mass is 10.1. The highest BCUT2D eigenvalue weighted by Crippen LogP contribution is 2.23. The molecule has 0 aliphatic carbocycles. The van der Waals surface area contributed by atoms with E-state index in [1.54, 1.807) is 0 Å². The second-order valence-electron chi connectivity index (χ2n) is 5.65. The molecule has 140 valence electrons. The molecule has 2 aromatic rings. The highest BCUT2D eigenvalue weighted by atomic mass is 32.2. The molecule has 0 spiro atoms. The maximum atomic E-state index is 12.5. The van der Waals surface area contributed by atoms with Gasteiger partial charge in [-0.3, -0.25) is 0 Å². The van der Waals surface area contributed by atoms with Crippen molar-refractivity contribution in [2.24, 2.45) is 0 Å². The van der Waals surface area contributed by atoms with Crippen LogP contribution < -0.4 is 10.0 Å². The normalized spacial score (nSPS) is 11.3. The topological polar surface area (TPSA) is 116 Å². The molecule has 8 heteroatoms. The molecule has 0 aromatic heterocycles. The number of benzene rings is 2. The van der Waals surface area contributed by atoms with Crippen LogP contribution in [0.2, 0.25) is 0 Å². The predicted octanol–water partition coefficient (Wildman–Crippen LogP) is 1.70. The molecule has 0 fully saturated rings. The van der Waals surface area contributed by atoms with Crippen molar-refractivity contribution in [3.05, 3.63) is 59.7 Å².